The number of anilines is 1. The average molecular weight is 419 g/mol. The molecule has 1 amide bonds. The summed E-state index contributed by atoms with van der Waals surface area (Å²) in [5, 5.41) is 0. The maximum absolute atomic E-state index is 13.7. The van der Waals surface area contributed by atoms with Gasteiger partial charge in [-0.2, -0.15) is 0 Å². The number of hydrogen-bond acceptors (Lipinski definition) is 3. The van der Waals surface area contributed by atoms with Gasteiger partial charge in [-0.05, 0) is 65.6 Å². The Morgan fingerprint density at radius 2 is 1.84 bits per heavy atom. The lowest BCUT2D eigenvalue weighted by molar-refractivity contribution is -0.120. The second-order valence-electron chi connectivity index (χ2n) is 8.02. The van der Waals surface area contributed by atoms with Crippen molar-refractivity contribution < 1.29 is 23.1 Å². The molecule has 5 rings (SSSR count). The second kappa shape index (κ2) is 7.01. The summed E-state index contributed by atoms with van der Waals surface area (Å²) in [6, 6.07) is 17.4. The number of benzene rings is 3. The number of halogens is 2. The number of nitrogens with zero attached hydrogens (tertiary/aromatic N) is 1. The SMILES string of the molecule is COC(=O)c1ccc2c(c1)[C@]1(C[C@H]1c1ccc(F)cc1)C(=O)N2Cc1cccc(F)c1. The van der Waals surface area contributed by atoms with Crippen molar-refractivity contribution in [2.75, 3.05) is 12.0 Å². The van der Waals surface area contributed by atoms with Crippen molar-refractivity contribution in [3.05, 3.63) is 101 Å². The lowest BCUT2D eigenvalue weighted by Gasteiger charge is -2.18. The summed E-state index contributed by atoms with van der Waals surface area (Å²) in [7, 11) is 1.31. The summed E-state index contributed by atoms with van der Waals surface area (Å²) in [6.07, 6.45) is 0.564. The topological polar surface area (TPSA) is 46.6 Å². The minimum absolute atomic E-state index is 0.0943. The molecule has 0 radical (unpaired) electrons. The molecular weight excluding hydrogens is 400 g/mol. The van der Waals surface area contributed by atoms with Crippen LogP contribution in [-0.4, -0.2) is 19.0 Å². The van der Waals surface area contributed by atoms with Gasteiger partial charge < -0.3 is 9.64 Å². The number of methoxy groups -OCH3 is 1. The van der Waals surface area contributed by atoms with Gasteiger partial charge in [-0.15, -0.1) is 0 Å². The van der Waals surface area contributed by atoms with E-state index in [9.17, 15) is 18.4 Å². The molecule has 156 valence electrons. The Bertz CT molecular complexity index is 1210. The predicted octanol–water partition coefficient (Wildman–Crippen LogP) is 4.72. The smallest absolute Gasteiger partial charge is 0.337 e. The van der Waals surface area contributed by atoms with E-state index in [1.54, 1.807) is 47.4 Å². The Morgan fingerprint density at radius 1 is 1.06 bits per heavy atom. The third-order valence-corrected chi connectivity index (χ3v) is 6.28. The molecule has 4 nitrogen and oxygen atoms in total. The zero-order valence-electron chi connectivity index (χ0n) is 16.8. The quantitative estimate of drug-likeness (QED) is 0.575. The molecule has 0 N–H and O–H groups in total. The summed E-state index contributed by atoms with van der Waals surface area (Å²) >= 11 is 0. The van der Waals surface area contributed by atoms with Crippen LogP contribution in [0.5, 0.6) is 0 Å². The van der Waals surface area contributed by atoms with E-state index in [2.05, 4.69) is 0 Å². The van der Waals surface area contributed by atoms with E-state index in [-0.39, 0.29) is 30.0 Å². The molecule has 31 heavy (non-hydrogen) atoms. The molecule has 3 aromatic rings. The first-order valence-electron chi connectivity index (χ1n) is 9.99. The summed E-state index contributed by atoms with van der Waals surface area (Å²) in [5.41, 5.74) is 2.55. The summed E-state index contributed by atoms with van der Waals surface area (Å²) in [6.45, 7) is 0.221. The summed E-state index contributed by atoms with van der Waals surface area (Å²) < 4.78 is 32.0. The summed E-state index contributed by atoms with van der Waals surface area (Å²) in [4.78, 5) is 27.4. The molecule has 2 atom stereocenters. The van der Waals surface area contributed by atoms with Gasteiger partial charge in [-0.3, -0.25) is 4.79 Å². The van der Waals surface area contributed by atoms with E-state index in [0.717, 1.165) is 11.1 Å². The highest BCUT2D eigenvalue weighted by Gasteiger charge is 2.67. The van der Waals surface area contributed by atoms with Gasteiger partial charge in [0.1, 0.15) is 11.6 Å². The molecule has 1 fully saturated rings. The van der Waals surface area contributed by atoms with Crippen LogP contribution in [0.25, 0.3) is 0 Å². The van der Waals surface area contributed by atoms with E-state index in [0.29, 0.717) is 23.2 Å². The normalized spacial score (nSPS) is 21.3. The molecule has 1 aliphatic heterocycles. The predicted molar refractivity (Wildman–Crippen MR) is 111 cm³/mol. The highest BCUT2D eigenvalue weighted by Crippen LogP contribution is 2.66. The van der Waals surface area contributed by atoms with Crippen LogP contribution in [0.15, 0.2) is 66.7 Å². The molecule has 6 heteroatoms. The van der Waals surface area contributed by atoms with Crippen LogP contribution in [0, 0.1) is 11.6 Å². The van der Waals surface area contributed by atoms with Crippen LogP contribution < -0.4 is 4.90 Å². The molecule has 1 saturated carbocycles. The van der Waals surface area contributed by atoms with E-state index in [1.165, 1.54) is 31.4 Å². The molecule has 0 bridgehead atoms. The third kappa shape index (κ3) is 3.02. The fourth-order valence-electron chi connectivity index (χ4n) is 4.71. The van der Waals surface area contributed by atoms with Crippen molar-refractivity contribution >= 4 is 17.6 Å². The Balaban J connectivity index is 1.59. The number of esters is 1. The zero-order valence-corrected chi connectivity index (χ0v) is 16.8. The van der Waals surface area contributed by atoms with Gasteiger partial charge in [0.15, 0.2) is 0 Å². The maximum atomic E-state index is 13.7. The first-order chi connectivity index (χ1) is 14.9. The lowest BCUT2D eigenvalue weighted by Crippen LogP contribution is -2.32. The number of carbonyl (C=O) groups is 2. The summed E-state index contributed by atoms with van der Waals surface area (Å²) in [5.74, 6) is -1.39. The molecule has 1 spiro atoms. The molecule has 0 unspecified atom stereocenters. The fourth-order valence-corrected chi connectivity index (χ4v) is 4.71. The van der Waals surface area contributed by atoms with E-state index >= 15 is 0 Å². The first kappa shape index (κ1) is 19.4. The van der Waals surface area contributed by atoms with E-state index in [1.807, 2.05) is 0 Å². The molecule has 3 aromatic carbocycles. The lowest BCUT2D eigenvalue weighted by atomic mass is 9.91. The Kier molecular flexibility index (Phi) is 4.39. The maximum Gasteiger partial charge on any atom is 0.337 e. The number of amides is 1. The van der Waals surface area contributed by atoms with Crippen LogP contribution in [-0.2, 0) is 21.5 Å². The Hall–Kier alpha value is -3.54. The third-order valence-electron chi connectivity index (χ3n) is 6.28. The van der Waals surface area contributed by atoms with E-state index in [4.69, 9.17) is 4.74 Å². The van der Waals surface area contributed by atoms with Gasteiger partial charge in [-0.1, -0.05) is 24.3 Å². The molecule has 2 aliphatic rings. The van der Waals surface area contributed by atoms with E-state index < -0.39 is 11.4 Å². The number of carbonyl (C=O) groups excluding carboxylic acids is 2. The molecule has 0 aromatic heterocycles. The van der Waals surface area contributed by atoms with Gasteiger partial charge in [-0.25, -0.2) is 13.6 Å². The van der Waals surface area contributed by atoms with Gasteiger partial charge in [0.25, 0.3) is 0 Å². The number of ether oxygens (including phenoxy) is 1. The zero-order chi connectivity index (χ0) is 21.8. The number of rotatable bonds is 4. The highest BCUT2D eigenvalue weighted by atomic mass is 19.1. The Labute approximate surface area is 178 Å². The molecular formula is C25H19F2NO3. The minimum atomic E-state index is -0.815. The van der Waals surface area contributed by atoms with Gasteiger partial charge in [0.2, 0.25) is 5.91 Å². The van der Waals surface area contributed by atoms with Crippen LogP contribution in [0.4, 0.5) is 14.5 Å². The van der Waals surface area contributed by atoms with Crippen LogP contribution >= 0.6 is 0 Å². The largest absolute Gasteiger partial charge is 0.465 e. The second-order valence-corrected chi connectivity index (χ2v) is 8.02. The monoisotopic (exact) mass is 419 g/mol. The minimum Gasteiger partial charge on any atom is -0.465 e. The average Bonchev–Trinajstić information content (AvgIpc) is 3.49. The van der Waals surface area contributed by atoms with Crippen molar-refractivity contribution in [3.8, 4) is 0 Å². The standard InChI is InChI=1S/C25H19F2NO3/c1-31-23(29)17-7-10-22-20(12-17)25(13-21(25)16-5-8-18(26)9-6-16)24(30)28(22)14-15-3-2-4-19(27)11-15/h2-12,21H,13-14H2,1H3/t21-,25-/m0/s1. The van der Waals surface area contributed by atoms with Crippen molar-refractivity contribution in [2.24, 2.45) is 0 Å². The fraction of sp³-hybridized carbons (Fsp3) is 0.200. The first-order valence-corrected chi connectivity index (χ1v) is 9.99. The van der Waals surface area contributed by atoms with Gasteiger partial charge in [0.05, 0.1) is 24.6 Å². The molecule has 0 saturated heterocycles. The highest BCUT2D eigenvalue weighted by molar-refractivity contribution is 6.12. The van der Waals surface area contributed by atoms with Crippen molar-refractivity contribution in [2.45, 2.75) is 24.3 Å². The Morgan fingerprint density at radius 3 is 2.55 bits per heavy atom. The number of hydrogen-bond donors (Lipinski definition) is 0. The van der Waals surface area contributed by atoms with Crippen molar-refractivity contribution in [1.82, 2.24) is 0 Å². The van der Waals surface area contributed by atoms with Crippen LogP contribution in [0.3, 0.4) is 0 Å². The van der Waals surface area contributed by atoms with Gasteiger partial charge in [0, 0.05) is 11.6 Å². The molecule has 1 aliphatic carbocycles. The number of fused-ring (bicyclic) bond motifs is 2. The van der Waals surface area contributed by atoms with Crippen molar-refractivity contribution in [3.63, 3.8) is 0 Å². The van der Waals surface area contributed by atoms with Crippen LogP contribution in [0.2, 0.25) is 0 Å². The van der Waals surface area contributed by atoms with Crippen LogP contribution in [0.1, 0.15) is 39.4 Å². The molecule has 1 heterocycles. The van der Waals surface area contributed by atoms with Gasteiger partial charge >= 0.3 is 5.97 Å². The van der Waals surface area contributed by atoms with Crippen molar-refractivity contribution in [1.29, 1.82) is 0 Å².